The number of aromatic nitrogens is 1. The number of benzene rings is 2. The van der Waals surface area contributed by atoms with Crippen molar-refractivity contribution < 1.29 is 13.9 Å². The van der Waals surface area contributed by atoms with Gasteiger partial charge in [0.1, 0.15) is 10.8 Å². The summed E-state index contributed by atoms with van der Waals surface area (Å²) < 4.78 is 24.6. The molecule has 3 nitrogen and oxygen atoms in total. The van der Waals surface area contributed by atoms with Crippen LogP contribution in [0.15, 0.2) is 36.4 Å². The second-order valence-electron chi connectivity index (χ2n) is 4.20. The third-order valence-electron chi connectivity index (χ3n) is 2.98. The molecule has 3 rings (SSSR count). The summed E-state index contributed by atoms with van der Waals surface area (Å²) in [6.45, 7) is 0. The van der Waals surface area contributed by atoms with E-state index >= 15 is 0 Å². The number of hydrogen-bond acceptors (Lipinski definition) is 4. The molecular weight excluding hydrogens is 276 g/mol. The van der Waals surface area contributed by atoms with Crippen LogP contribution in [0, 0.1) is 5.82 Å². The fraction of sp³-hybridized carbons (Fsp3) is 0.133. The van der Waals surface area contributed by atoms with Gasteiger partial charge in [-0.1, -0.05) is 0 Å². The zero-order valence-corrected chi connectivity index (χ0v) is 11.8. The summed E-state index contributed by atoms with van der Waals surface area (Å²) in [5.41, 5.74) is 1.59. The van der Waals surface area contributed by atoms with Crippen LogP contribution >= 0.6 is 11.3 Å². The van der Waals surface area contributed by atoms with Crippen molar-refractivity contribution in [1.82, 2.24) is 4.98 Å². The van der Waals surface area contributed by atoms with Crippen LogP contribution in [-0.4, -0.2) is 19.2 Å². The first-order valence-corrected chi connectivity index (χ1v) is 6.81. The van der Waals surface area contributed by atoms with E-state index in [9.17, 15) is 4.39 Å². The molecule has 102 valence electrons. The van der Waals surface area contributed by atoms with Crippen LogP contribution in [-0.2, 0) is 0 Å². The quantitative estimate of drug-likeness (QED) is 0.726. The second kappa shape index (κ2) is 5.09. The highest BCUT2D eigenvalue weighted by Gasteiger charge is 2.10. The molecule has 20 heavy (non-hydrogen) atoms. The van der Waals surface area contributed by atoms with Crippen LogP contribution in [0.5, 0.6) is 11.5 Å². The number of rotatable bonds is 3. The molecule has 0 unspecified atom stereocenters. The van der Waals surface area contributed by atoms with Gasteiger partial charge in [-0.3, -0.25) is 0 Å². The Morgan fingerprint density at radius 1 is 1.00 bits per heavy atom. The lowest BCUT2D eigenvalue weighted by Gasteiger charge is -2.08. The van der Waals surface area contributed by atoms with E-state index in [1.54, 1.807) is 20.3 Å². The van der Waals surface area contributed by atoms with Gasteiger partial charge in [0.25, 0.3) is 0 Å². The van der Waals surface area contributed by atoms with Gasteiger partial charge in [-0.25, -0.2) is 9.37 Å². The lowest BCUT2D eigenvalue weighted by Crippen LogP contribution is -1.90. The van der Waals surface area contributed by atoms with Crippen LogP contribution < -0.4 is 9.47 Å². The molecule has 1 heterocycles. The Hall–Kier alpha value is -2.14. The lowest BCUT2D eigenvalue weighted by molar-refractivity contribution is 0.355. The van der Waals surface area contributed by atoms with E-state index in [0.717, 1.165) is 15.3 Å². The highest BCUT2D eigenvalue weighted by atomic mass is 32.1. The highest BCUT2D eigenvalue weighted by molar-refractivity contribution is 7.21. The first-order chi connectivity index (χ1) is 9.71. The van der Waals surface area contributed by atoms with Gasteiger partial charge in [0.15, 0.2) is 11.5 Å². The zero-order valence-electron chi connectivity index (χ0n) is 11.0. The maximum Gasteiger partial charge on any atom is 0.161 e. The van der Waals surface area contributed by atoms with Crippen LogP contribution in [0.25, 0.3) is 20.8 Å². The molecule has 1 aromatic heterocycles. The summed E-state index contributed by atoms with van der Waals surface area (Å²) in [7, 11) is 3.19. The minimum atomic E-state index is -0.276. The normalized spacial score (nSPS) is 10.8. The Balaban J connectivity index is 2.10. The predicted molar refractivity (Wildman–Crippen MR) is 78.1 cm³/mol. The maximum atomic E-state index is 13.2. The van der Waals surface area contributed by atoms with E-state index in [1.807, 2.05) is 18.2 Å². The van der Waals surface area contributed by atoms with Crippen molar-refractivity contribution in [3.05, 3.63) is 42.2 Å². The average molecular weight is 288 g/mol. The summed E-state index contributed by atoms with van der Waals surface area (Å²) in [6.07, 6.45) is 0. The van der Waals surface area contributed by atoms with E-state index in [2.05, 4.69) is 4.98 Å². The van der Waals surface area contributed by atoms with E-state index in [0.29, 0.717) is 17.0 Å². The minimum absolute atomic E-state index is 0.276. The van der Waals surface area contributed by atoms with E-state index in [1.165, 1.54) is 23.5 Å². The van der Waals surface area contributed by atoms with Crippen LogP contribution in [0.2, 0.25) is 0 Å². The molecule has 0 atom stereocenters. The van der Waals surface area contributed by atoms with Crippen molar-refractivity contribution in [3.8, 4) is 22.1 Å². The lowest BCUT2D eigenvalue weighted by atomic mass is 10.2. The Bertz CT molecular complexity index is 770. The molecule has 0 aliphatic heterocycles. The summed E-state index contributed by atoms with van der Waals surface area (Å²) >= 11 is 1.52. The second-order valence-corrected chi connectivity index (χ2v) is 5.23. The number of nitrogens with zero attached hydrogens (tertiary/aromatic N) is 1. The van der Waals surface area contributed by atoms with Crippen molar-refractivity contribution in [2.24, 2.45) is 0 Å². The van der Waals surface area contributed by atoms with E-state index < -0.39 is 0 Å². The van der Waals surface area contributed by atoms with Gasteiger partial charge >= 0.3 is 0 Å². The molecule has 0 aliphatic rings. The highest BCUT2D eigenvalue weighted by Crippen LogP contribution is 2.35. The minimum Gasteiger partial charge on any atom is -0.493 e. The first kappa shape index (κ1) is 12.9. The number of thiazole rings is 1. The molecule has 0 amide bonds. The summed E-state index contributed by atoms with van der Waals surface area (Å²) in [6, 6.07) is 10.2. The molecule has 0 N–H and O–H groups in total. The van der Waals surface area contributed by atoms with Crippen molar-refractivity contribution >= 4 is 21.6 Å². The summed E-state index contributed by atoms with van der Waals surface area (Å²) in [4.78, 5) is 4.46. The van der Waals surface area contributed by atoms with Gasteiger partial charge in [-0.05, 0) is 30.3 Å². The zero-order chi connectivity index (χ0) is 14.1. The molecule has 0 saturated carbocycles. The Morgan fingerprint density at radius 3 is 2.55 bits per heavy atom. The van der Waals surface area contributed by atoms with E-state index in [4.69, 9.17) is 9.47 Å². The topological polar surface area (TPSA) is 31.4 Å². The molecule has 0 fully saturated rings. The fourth-order valence-electron chi connectivity index (χ4n) is 1.99. The van der Waals surface area contributed by atoms with Gasteiger partial charge < -0.3 is 9.47 Å². The van der Waals surface area contributed by atoms with Gasteiger partial charge in [0.2, 0.25) is 0 Å². The van der Waals surface area contributed by atoms with Crippen molar-refractivity contribution in [3.63, 3.8) is 0 Å². The van der Waals surface area contributed by atoms with Gasteiger partial charge in [0, 0.05) is 11.6 Å². The third-order valence-corrected chi connectivity index (χ3v) is 4.07. The molecule has 5 heteroatoms. The molecule has 0 saturated heterocycles. The van der Waals surface area contributed by atoms with Crippen molar-refractivity contribution in [2.75, 3.05) is 14.2 Å². The molecule has 0 aliphatic carbocycles. The predicted octanol–water partition coefficient (Wildman–Crippen LogP) is 4.12. The van der Waals surface area contributed by atoms with E-state index in [-0.39, 0.29) is 5.82 Å². The monoisotopic (exact) mass is 288 g/mol. The number of fused-ring (bicyclic) bond motifs is 1. The first-order valence-electron chi connectivity index (χ1n) is 6.00. The van der Waals surface area contributed by atoms with Crippen molar-refractivity contribution in [1.29, 1.82) is 0 Å². The summed E-state index contributed by atoms with van der Waals surface area (Å²) in [5, 5.41) is 0.826. The van der Waals surface area contributed by atoms with Crippen LogP contribution in [0.4, 0.5) is 4.39 Å². The number of methoxy groups -OCH3 is 2. The molecular formula is C15H12FNO2S. The standard InChI is InChI=1S/C15H12FNO2S/c1-18-12-5-3-9(7-13(12)19-2)15-17-11-8-10(16)4-6-14(11)20-15/h3-8H,1-2H3/i16-1. The SMILES string of the molecule is COc1ccc(-c2nc3cc([18F])ccc3s2)cc1OC. The molecule has 0 spiro atoms. The Labute approximate surface area is 119 Å². The Morgan fingerprint density at radius 2 is 1.80 bits per heavy atom. The maximum absolute atomic E-state index is 13.2. The molecule has 0 bridgehead atoms. The number of hydrogen-bond donors (Lipinski definition) is 0. The average Bonchev–Trinajstić information content (AvgIpc) is 2.89. The Kier molecular flexibility index (Phi) is 3.28. The smallest absolute Gasteiger partial charge is 0.161 e. The molecule has 2 aromatic carbocycles. The molecule has 3 aromatic rings. The van der Waals surface area contributed by atoms with Gasteiger partial charge in [-0.15, -0.1) is 11.3 Å². The largest absolute Gasteiger partial charge is 0.493 e. The van der Waals surface area contributed by atoms with Gasteiger partial charge in [-0.2, -0.15) is 0 Å². The van der Waals surface area contributed by atoms with Crippen LogP contribution in [0.3, 0.4) is 0 Å². The summed E-state index contributed by atoms with van der Waals surface area (Å²) in [5.74, 6) is 1.04. The fourth-order valence-corrected chi connectivity index (χ4v) is 2.94. The number of halogens is 1. The molecule has 0 radical (unpaired) electrons. The number of ether oxygens (including phenoxy) is 2. The van der Waals surface area contributed by atoms with Crippen molar-refractivity contribution in [2.45, 2.75) is 0 Å². The third kappa shape index (κ3) is 2.20. The van der Waals surface area contributed by atoms with Crippen LogP contribution in [0.1, 0.15) is 0 Å². The van der Waals surface area contributed by atoms with Gasteiger partial charge in [0.05, 0.1) is 24.4 Å².